The fourth-order valence-electron chi connectivity index (χ4n) is 1.62. The van der Waals surface area contributed by atoms with E-state index in [9.17, 15) is 0 Å². The first-order valence-corrected chi connectivity index (χ1v) is 5.30. The van der Waals surface area contributed by atoms with Crippen molar-refractivity contribution in [1.29, 1.82) is 0 Å². The highest BCUT2D eigenvalue weighted by molar-refractivity contribution is 5.09. The van der Waals surface area contributed by atoms with Crippen LogP contribution in [0.1, 0.15) is 24.4 Å². The van der Waals surface area contributed by atoms with E-state index >= 15 is 0 Å². The maximum atomic E-state index is 5.51. The summed E-state index contributed by atoms with van der Waals surface area (Å²) in [5.41, 5.74) is 3.89. The summed E-state index contributed by atoms with van der Waals surface area (Å²) in [6.45, 7) is 2.93. The number of hydrogen-bond donors (Lipinski definition) is 3. The molecule has 2 rings (SSSR count). The fourth-order valence-corrected chi connectivity index (χ4v) is 1.62. The molecule has 0 amide bonds. The maximum absolute atomic E-state index is 5.51. The topological polar surface area (TPSA) is 84.5 Å². The number of hydrazine groups is 1. The van der Waals surface area contributed by atoms with E-state index in [0.29, 0.717) is 0 Å². The Morgan fingerprint density at radius 3 is 3.06 bits per heavy atom. The summed E-state index contributed by atoms with van der Waals surface area (Å²) < 4.78 is 1.89. The van der Waals surface area contributed by atoms with Crippen molar-refractivity contribution in [3.8, 4) is 0 Å². The molecule has 16 heavy (non-hydrogen) atoms. The minimum Gasteiger partial charge on any atom is -0.347 e. The molecule has 4 N–H and O–H groups in total. The molecule has 0 saturated heterocycles. The van der Waals surface area contributed by atoms with Crippen LogP contribution < -0.4 is 11.3 Å². The molecule has 2 aromatic rings. The summed E-state index contributed by atoms with van der Waals surface area (Å²) in [5, 5.41) is 4.22. The molecule has 0 saturated carbocycles. The Labute approximate surface area is 93.8 Å². The Kier molecular flexibility index (Phi) is 3.33. The van der Waals surface area contributed by atoms with Gasteiger partial charge in [0.25, 0.3) is 0 Å². The summed E-state index contributed by atoms with van der Waals surface area (Å²) >= 11 is 0. The quantitative estimate of drug-likeness (QED) is 0.502. The van der Waals surface area contributed by atoms with Crippen molar-refractivity contribution in [1.82, 2.24) is 25.2 Å². The van der Waals surface area contributed by atoms with Gasteiger partial charge in [0.05, 0.1) is 12.2 Å². The molecule has 0 aromatic carbocycles. The number of aromatic amines is 1. The Balaban J connectivity index is 2.07. The lowest BCUT2D eigenvalue weighted by Gasteiger charge is -2.11. The second-order valence-corrected chi connectivity index (χ2v) is 3.60. The van der Waals surface area contributed by atoms with Crippen molar-refractivity contribution in [2.75, 3.05) is 0 Å². The van der Waals surface area contributed by atoms with Crippen molar-refractivity contribution in [2.24, 2.45) is 5.84 Å². The lowest BCUT2D eigenvalue weighted by atomic mass is 10.1. The standard InChI is InChI=1S/C10H16N6/c1-2-16-7-8(6-14-16)5-9(15-11)10-12-3-4-13-10/h3-4,6-7,9,15H,2,5,11H2,1H3,(H,12,13). The number of nitrogens with one attached hydrogen (secondary N) is 2. The fraction of sp³-hybridized carbons (Fsp3) is 0.400. The van der Waals surface area contributed by atoms with Gasteiger partial charge in [-0.3, -0.25) is 10.5 Å². The van der Waals surface area contributed by atoms with Crippen LogP contribution in [0.15, 0.2) is 24.8 Å². The molecule has 0 aliphatic heterocycles. The summed E-state index contributed by atoms with van der Waals surface area (Å²) in [6.07, 6.45) is 8.15. The van der Waals surface area contributed by atoms with Crippen LogP contribution in [0, 0.1) is 0 Å². The number of H-pyrrole nitrogens is 1. The lowest BCUT2D eigenvalue weighted by molar-refractivity contribution is 0.527. The van der Waals surface area contributed by atoms with E-state index in [4.69, 9.17) is 5.84 Å². The average Bonchev–Trinajstić information content (AvgIpc) is 2.96. The number of nitrogens with two attached hydrogens (primary N) is 1. The van der Waals surface area contributed by atoms with Gasteiger partial charge >= 0.3 is 0 Å². The zero-order valence-corrected chi connectivity index (χ0v) is 9.22. The third-order valence-electron chi connectivity index (χ3n) is 2.50. The van der Waals surface area contributed by atoms with Crippen molar-refractivity contribution < 1.29 is 0 Å². The van der Waals surface area contributed by atoms with Gasteiger partial charge in [0.15, 0.2) is 0 Å². The summed E-state index contributed by atoms with van der Waals surface area (Å²) in [4.78, 5) is 7.23. The van der Waals surface area contributed by atoms with Crippen LogP contribution in [0.4, 0.5) is 0 Å². The molecule has 0 spiro atoms. The van der Waals surface area contributed by atoms with Gasteiger partial charge < -0.3 is 4.98 Å². The highest BCUT2D eigenvalue weighted by Crippen LogP contribution is 2.13. The average molecular weight is 220 g/mol. The first-order valence-electron chi connectivity index (χ1n) is 5.30. The summed E-state index contributed by atoms with van der Waals surface area (Å²) in [7, 11) is 0. The Morgan fingerprint density at radius 1 is 1.62 bits per heavy atom. The third kappa shape index (κ3) is 2.29. The molecule has 0 radical (unpaired) electrons. The molecule has 2 aromatic heterocycles. The molecule has 86 valence electrons. The molecule has 6 heteroatoms. The van der Waals surface area contributed by atoms with Gasteiger partial charge in [-0.05, 0) is 18.9 Å². The van der Waals surface area contributed by atoms with Gasteiger partial charge in [-0.2, -0.15) is 5.10 Å². The van der Waals surface area contributed by atoms with Gasteiger partial charge in [0.2, 0.25) is 0 Å². The van der Waals surface area contributed by atoms with Crippen LogP contribution in [0.5, 0.6) is 0 Å². The molecule has 0 aliphatic carbocycles. The second kappa shape index (κ2) is 4.91. The normalized spacial score (nSPS) is 12.9. The first kappa shape index (κ1) is 10.8. The van der Waals surface area contributed by atoms with Crippen LogP contribution in [0.25, 0.3) is 0 Å². The Hall–Kier alpha value is -1.66. The number of rotatable bonds is 5. The number of aryl methyl sites for hydroxylation is 1. The van der Waals surface area contributed by atoms with Gasteiger partial charge in [0.1, 0.15) is 5.82 Å². The van der Waals surface area contributed by atoms with Gasteiger partial charge in [-0.25, -0.2) is 10.4 Å². The number of imidazole rings is 1. The molecular weight excluding hydrogens is 204 g/mol. The first-order chi connectivity index (χ1) is 7.83. The van der Waals surface area contributed by atoms with E-state index in [1.165, 1.54) is 0 Å². The number of aromatic nitrogens is 4. The number of hydrogen-bond acceptors (Lipinski definition) is 4. The zero-order chi connectivity index (χ0) is 11.4. The third-order valence-corrected chi connectivity index (χ3v) is 2.50. The monoisotopic (exact) mass is 220 g/mol. The molecule has 0 fully saturated rings. The van der Waals surface area contributed by atoms with E-state index in [-0.39, 0.29) is 6.04 Å². The Bertz CT molecular complexity index is 418. The SMILES string of the molecule is CCn1cc(CC(NN)c2ncc[nH]2)cn1. The van der Waals surface area contributed by atoms with E-state index < -0.39 is 0 Å². The largest absolute Gasteiger partial charge is 0.347 e. The predicted octanol–water partition coefficient (Wildman–Crippen LogP) is 0.373. The van der Waals surface area contributed by atoms with Crippen LogP contribution in [-0.4, -0.2) is 19.7 Å². The van der Waals surface area contributed by atoms with Crippen LogP contribution >= 0.6 is 0 Å². The van der Waals surface area contributed by atoms with Crippen molar-refractivity contribution >= 4 is 0 Å². The highest BCUT2D eigenvalue weighted by Gasteiger charge is 2.13. The molecule has 6 nitrogen and oxygen atoms in total. The van der Waals surface area contributed by atoms with E-state index in [0.717, 1.165) is 24.4 Å². The van der Waals surface area contributed by atoms with E-state index in [1.807, 2.05) is 17.1 Å². The smallest absolute Gasteiger partial charge is 0.124 e. The van der Waals surface area contributed by atoms with Crippen molar-refractivity contribution in [3.63, 3.8) is 0 Å². The lowest BCUT2D eigenvalue weighted by Crippen LogP contribution is -2.30. The molecule has 2 heterocycles. The summed E-state index contributed by atoms with van der Waals surface area (Å²) in [5.74, 6) is 6.35. The molecule has 0 aliphatic rings. The van der Waals surface area contributed by atoms with Gasteiger partial charge in [0, 0.05) is 25.1 Å². The minimum absolute atomic E-state index is 0.00972. The molecule has 1 unspecified atom stereocenters. The minimum atomic E-state index is -0.00972. The van der Waals surface area contributed by atoms with Crippen LogP contribution in [0.2, 0.25) is 0 Å². The molecular formula is C10H16N6. The van der Waals surface area contributed by atoms with Gasteiger partial charge in [-0.1, -0.05) is 0 Å². The summed E-state index contributed by atoms with van der Waals surface area (Å²) in [6, 6.07) is -0.00972. The van der Waals surface area contributed by atoms with Crippen molar-refractivity contribution in [3.05, 3.63) is 36.2 Å². The number of nitrogens with zero attached hydrogens (tertiary/aromatic N) is 3. The molecule has 1 atom stereocenters. The van der Waals surface area contributed by atoms with E-state index in [2.05, 4.69) is 27.4 Å². The molecule has 0 bridgehead atoms. The maximum Gasteiger partial charge on any atom is 0.124 e. The van der Waals surface area contributed by atoms with Crippen molar-refractivity contribution in [2.45, 2.75) is 25.9 Å². The van der Waals surface area contributed by atoms with Gasteiger partial charge in [-0.15, -0.1) is 0 Å². The zero-order valence-electron chi connectivity index (χ0n) is 9.22. The second-order valence-electron chi connectivity index (χ2n) is 3.60. The van der Waals surface area contributed by atoms with E-state index in [1.54, 1.807) is 12.4 Å². The van der Waals surface area contributed by atoms with Crippen LogP contribution in [-0.2, 0) is 13.0 Å². The van der Waals surface area contributed by atoms with Crippen LogP contribution in [0.3, 0.4) is 0 Å². The highest BCUT2D eigenvalue weighted by atomic mass is 15.3. The Morgan fingerprint density at radius 2 is 2.50 bits per heavy atom. The predicted molar refractivity (Wildman–Crippen MR) is 60.3 cm³/mol.